The molecule has 0 atom stereocenters. The standard InChI is InChI=1S/C11H17NO/c1-8(2)12-7-10-4-5-11(13)9(3)6-10/h4-6,8,12-13H,7H2,1-3H3. The third-order valence-corrected chi connectivity index (χ3v) is 1.98. The zero-order valence-electron chi connectivity index (χ0n) is 8.46. The Morgan fingerprint density at radius 1 is 1.38 bits per heavy atom. The molecular weight excluding hydrogens is 162 g/mol. The Balaban J connectivity index is 2.63. The van der Waals surface area contributed by atoms with Gasteiger partial charge in [0.2, 0.25) is 0 Å². The summed E-state index contributed by atoms with van der Waals surface area (Å²) in [4.78, 5) is 0. The van der Waals surface area contributed by atoms with E-state index in [-0.39, 0.29) is 0 Å². The number of phenols is 1. The molecule has 1 aromatic rings. The van der Waals surface area contributed by atoms with Crippen molar-refractivity contribution in [2.75, 3.05) is 0 Å². The molecule has 2 N–H and O–H groups in total. The summed E-state index contributed by atoms with van der Waals surface area (Å²) in [6.45, 7) is 7.01. The minimum Gasteiger partial charge on any atom is -0.508 e. The Bertz CT molecular complexity index is 281. The fourth-order valence-corrected chi connectivity index (χ4v) is 1.15. The third-order valence-electron chi connectivity index (χ3n) is 1.98. The van der Waals surface area contributed by atoms with E-state index in [1.54, 1.807) is 6.07 Å². The van der Waals surface area contributed by atoms with Crippen molar-refractivity contribution in [3.05, 3.63) is 29.3 Å². The lowest BCUT2D eigenvalue weighted by molar-refractivity contribution is 0.470. The lowest BCUT2D eigenvalue weighted by Crippen LogP contribution is -2.21. The molecule has 2 nitrogen and oxygen atoms in total. The van der Waals surface area contributed by atoms with Crippen LogP contribution < -0.4 is 5.32 Å². The Kier molecular flexibility index (Phi) is 3.32. The molecule has 0 saturated heterocycles. The molecule has 0 aromatic heterocycles. The maximum Gasteiger partial charge on any atom is 0.118 e. The first-order valence-electron chi connectivity index (χ1n) is 4.61. The van der Waals surface area contributed by atoms with Gasteiger partial charge in [-0.2, -0.15) is 0 Å². The van der Waals surface area contributed by atoms with Crippen molar-refractivity contribution in [1.29, 1.82) is 0 Å². The van der Waals surface area contributed by atoms with Gasteiger partial charge < -0.3 is 10.4 Å². The highest BCUT2D eigenvalue weighted by Crippen LogP contribution is 2.16. The van der Waals surface area contributed by atoms with Crippen molar-refractivity contribution >= 4 is 0 Å². The van der Waals surface area contributed by atoms with E-state index in [1.807, 2.05) is 19.1 Å². The van der Waals surface area contributed by atoms with Crippen LogP contribution in [0.5, 0.6) is 5.75 Å². The van der Waals surface area contributed by atoms with Crippen molar-refractivity contribution < 1.29 is 5.11 Å². The lowest BCUT2D eigenvalue weighted by atomic mass is 10.1. The first-order chi connectivity index (χ1) is 6.09. The van der Waals surface area contributed by atoms with Crippen molar-refractivity contribution in [3.8, 4) is 5.75 Å². The summed E-state index contributed by atoms with van der Waals surface area (Å²) in [5, 5.41) is 12.6. The Morgan fingerprint density at radius 3 is 2.62 bits per heavy atom. The van der Waals surface area contributed by atoms with Gasteiger partial charge in [0.1, 0.15) is 5.75 Å². The van der Waals surface area contributed by atoms with Gasteiger partial charge in [-0.15, -0.1) is 0 Å². The van der Waals surface area contributed by atoms with E-state index in [2.05, 4.69) is 19.2 Å². The summed E-state index contributed by atoms with van der Waals surface area (Å²) >= 11 is 0. The van der Waals surface area contributed by atoms with E-state index in [0.717, 1.165) is 12.1 Å². The summed E-state index contributed by atoms with van der Waals surface area (Å²) in [6, 6.07) is 6.18. The quantitative estimate of drug-likeness (QED) is 0.745. The molecule has 0 amide bonds. The summed E-state index contributed by atoms with van der Waals surface area (Å²) in [6.07, 6.45) is 0. The van der Waals surface area contributed by atoms with Gasteiger partial charge in [0.15, 0.2) is 0 Å². The van der Waals surface area contributed by atoms with Crippen LogP contribution in [-0.2, 0) is 6.54 Å². The molecule has 0 aliphatic carbocycles. The van der Waals surface area contributed by atoms with Crippen LogP contribution in [0.15, 0.2) is 18.2 Å². The van der Waals surface area contributed by atoms with Gasteiger partial charge in [0, 0.05) is 12.6 Å². The van der Waals surface area contributed by atoms with Crippen LogP contribution in [-0.4, -0.2) is 11.1 Å². The smallest absolute Gasteiger partial charge is 0.118 e. The van der Waals surface area contributed by atoms with Gasteiger partial charge in [-0.05, 0) is 24.1 Å². The Labute approximate surface area is 79.6 Å². The predicted octanol–water partition coefficient (Wildman–Crippen LogP) is 2.20. The number of hydrogen-bond donors (Lipinski definition) is 2. The monoisotopic (exact) mass is 179 g/mol. The maximum absolute atomic E-state index is 9.30. The first-order valence-corrected chi connectivity index (χ1v) is 4.61. The van der Waals surface area contributed by atoms with Crippen molar-refractivity contribution in [3.63, 3.8) is 0 Å². The molecule has 0 unspecified atom stereocenters. The summed E-state index contributed by atoms with van der Waals surface area (Å²) in [5.74, 6) is 0.369. The SMILES string of the molecule is Cc1cc(CNC(C)C)ccc1O. The maximum atomic E-state index is 9.30. The van der Waals surface area contributed by atoms with E-state index in [9.17, 15) is 5.11 Å². The fraction of sp³-hybridized carbons (Fsp3) is 0.455. The lowest BCUT2D eigenvalue weighted by Gasteiger charge is -2.08. The zero-order valence-corrected chi connectivity index (χ0v) is 8.46. The van der Waals surface area contributed by atoms with E-state index >= 15 is 0 Å². The van der Waals surface area contributed by atoms with Gasteiger partial charge >= 0.3 is 0 Å². The molecule has 0 saturated carbocycles. The van der Waals surface area contributed by atoms with Gasteiger partial charge in [-0.3, -0.25) is 0 Å². The minimum absolute atomic E-state index is 0.369. The predicted molar refractivity (Wildman–Crippen MR) is 54.8 cm³/mol. The molecule has 2 heteroatoms. The second-order valence-corrected chi connectivity index (χ2v) is 3.66. The minimum atomic E-state index is 0.369. The highest BCUT2D eigenvalue weighted by atomic mass is 16.3. The van der Waals surface area contributed by atoms with E-state index in [0.29, 0.717) is 11.8 Å². The topological polar surface area (TPSA) is 32.3 Å². The molecule has 1 rings (SSSR count). The zero-order chi connectivity index (χ0) is 9.84. The van der Waals surface area contributed by atoms with Crippen LogP contribution >= 0.6 is 0 Å². The van der Waals surface area contributed by atoms with Crippen molar-refractivity contribution in [2.45, 2.75) is 33.4 Å². The molecule has 0 aliphatic rings. The molecule has 0 heterocycles. The van der Waals surface area contributed by atoms with Gasteiger partial charge in [-0.25, -0.2) is 0 Å². The van der Waals surface area contributed by atoms with E-state index in [1.165, 1.54) is 5.56 Å². The van der Waals surface area contributed by atoms with Crippen LogP contribution in [0.1, 0.15) is 25.0 Å². The second-order valence-electron chi connectivity index (χ2n) is 3.66. The second kappa shape index (κ2) is 4.28. The molecule has 0 fully saturated rings. The summed E-state index contributed by atoms with van der Waals surface area (Å²) < 4.78 is 0. The van der Waals surface area contributed by atoms with Crippen LogP contribution in [0.4, 0.5) is 0 Å². The Hall–Kier alpha value is -1.02. The van der Waals surface area contributed by atoms with Crippen molar-refractivity contribution in [1.82, 2.24) is 5.32 Å². The first kappa shape index (κ1) is 10.1. The van der Waals surface area contributed by atoms with Crippen LogP contribution in [0.3, 0.4) is 0 Å². The Morgan fingerprint density at radius 2 is 2.08 bits per heavy atom. The number of aryl methyl sites for hydroxylation is 1. The molecule has 13 heavy (non-hydrogen) atoms. The van der Waals surface area contributed by atoms with Gasteiger partial charge in [-0.1, -0.05) is 26.0 Å². The molecule has 0 bridgehead atoms. The number of aromatic hydroxyl groups is 1. The van der Waals surface area contributed by atoms with E-state index < -0.39 is 0 Å². The average molecular weight is 179 g/mol. The highest BCUT2D eigenvalue weighted by molar-refractivity contribution is 5.34. The summed E-state index contributed by atoms with van der Waals surface area (Å²) in [7, 11) is 0. The van der Waals surface area contributed by atoms with E-state index in [4.69, 9.17) is 0 Å². The number of nitrogens with one attached hydrogen (secondary N) is 1. The normalized spacial score (nSPS) is 10.8. The molecular formula is C11H17NO. The largest absolute Gasteiger partial charge is 0.508 e. The van der Waals surface area contributed by atoms with Gasteiger partial charge in [0.05, 0.1) is 0 Å². The van der Waals surface area contributed by atoms with Crippen LogP contribution in [0.2, 0.25) is 0 Å². The van der Waals surface area contributed by atoms with Crippen LogP contribution in [0, 0.1) is 6.92 Å². The van der Waals surface area contributed by atoms with Crippen LogP contribution in [0.25, 0.3) is 0 Å². The number of benzene rings is 1. The fourth-order valence-electron chi connectivity index (χ4n) is 1.15. The average Bonchev–Trinajstić information content (AvgIpc) is 2.07. The number of hydrogen-bond acceptors (Lipinski definition) is 2. The van der Waals surface area contributed by atoms with Crippen molar-refractivity contribution in [2.24, 2.45) is 0 Å². The third kappa shape index (κ3) is 3.07. The molecule has 72 valence electrons. The summed E-state index contributed by atoms with van der Waals surface area (Å²) in [5.41, 5.74) is 2.15. The number of phenolic OH excluding ortho intramolecular Hbond substituents is 1. The molecule has 1 aromatic carbocycles. The van der Waals surface area contributed by atoms with Gasteiger partial charge in [0.25, 0.3) is 0 Å². The number of rotatable bonds is 3. The molecule has 0 spiro atoms. The molecule has 0 radical (unpaired) electrons. The molecule has 0 aliphatic heterocycles. The highest BCUT2D eigenvalue weighted by Gasteiger charge is 1.98.